The van der Waals surface area contributed by atoms with E-state index in [-0.39, 0.29) is 5.82 Å². The van der Waals surface area contributed by atoms with Gasteiger partial charge in [0.15, 0.2) is 4.77 Å². The third-order valence-corrected chi connectivity index (χ3v) is 4.56. The molecule has 0 aliphatic rings. The summed E-state index contributed by atoms with van der Waals surface area (Å²) >= 11 is 10.1. The van der Waals surface area contributed by atoms with Crippen molar-refractivity contribution in [3.8, 4) is 0 Å². The molecule has 0 aliphatic carbocycles. The smallest absolute Gasteiger partial charge is 0.178 e. The molecule has 0 atom stereocenters. The molecule has 3 rings (SSSR count). The normalized spacial score (nSPS) is 11.3. The lowest BCUT2D eigenvalue weighted by Gasteiger charge is -2.02. The highest BCUT2D eigenvalue weighted by atomic mass is 79.9. The number of rotatable bonds is 2. The number of aromatic amines is 1. The van der Waals surface area contributed by atoms with E-state index in [1.807, 2.05) is 16.9 Å². The summed E-state index contributed by atoms with van der Waals surface area (Å²) in [4.78, 5) is 7.49. The van der Waals surface area contributed by atoms with E-state index in [1.54, 1.807) is 17.4 Å². The van der Waals surface area contributed by atoms with Crippen LogP contribution in [0.25, 0.3) is 11.0 Å². The monoisotopic (exact) mass is 357 g/mol. The Morgan fingerprint density at radius 2 is 2.32 bits per heavy atom. The second-order valence-electron chi connectivity index (χ2n) is 4.16. The maximum atomic E-state index is 13.7. The molecule has 1 aromatic carbocycles. The number of aryl methyl sites for hydroxylation is 1. The second kappa shape index (κ2) is 4.81. The number of hydrogen-bond acceptors (Lipinski definition) is 3. The van der Waals surface area contributed by atoms with Crippen LogP contribution in [0.2, 0.25) is 0 Å². The SMILES string of the molecule is Cc1nc(Cn2c(=S)[nH]c3cc(Br)c(F)cc32)cs1. The van der Waals surface area contributed by atoms with Gasteiger partial charge in [0, 0.05) is 11.4 Å². The number of aromatic nitrogens is 3. The van der Waals surface area contributed by atoms with E-state index >= 15 is 0 Å². The average Bonchev–Trinajstić information content (AvgIpc) is 2.87. The molecule has 0 spiro atoms. The van der Waals surface area contributed by atoms with Crippen LogP contribution in [0.4, 0.5) is 4.39 Å². The molecule has 1 N–H and O–H groups in total. The fraction of sp³-hybridized carbons (Fsp3) is 0.167. The van der Waals surface area contributed by atoms with Crippen molar-refractivity contribution >= 4 is 50.5 Å². The van der Waals surface area contributed by atoms with Crippen LogP contribution in [0.5, 0.6) is 0 Å². The minimum atomic E-state index is -0.301. The van der Waals surface area contributed by atoms with E-state index in [1.165, 1.54) is 6.07 Å². The number of hydrogen-bond donors (Lipinski definition) is 1. The first kappa shape index (κ1) is 13.0. The maximum Gasteiger partial charge on any atom is 0.178 e. The Morgan fingerprint density at radius 1 is 1.53 bits per heavy atom. The van der Waals surface area contributed by atoms with Gasteiger partial charge in [-0.2, -0.15) is 0 Å². The summed E-state index contributed by atoms with van der Waals surface area (Å²) in [6, 6.07) is 3.17. The molecular weight excluding hydrogens is 349 g/mol. The van der Waals surface area contributed by atoms with Gasteiger partial charge in [-0.25, -0.2) is 9.37 Å². The molecular formula is C12H9BrFN3S2. The number of halogens is 2. The van der Waals surface area contributed by atoms with Crippen LogP contribution in [0, 0.1) is 17.5 Å². The lowest BCUT2D eigenvalue weighted by molar-refractivity contribution is 0.621. The van der Waals surface area contributed by atoms with Crippen LogP contribution < -0.4 is 0 Å². The molecule has 0 fully saturated rings. The van der Waals surface area contributed by atoms with Gasteiger partial charge in [-0.15, -0.1) is 11.3 Å². The molecule has 98 valence electrons. The Bertz CT molecular complexity index is 818. The number of nitrogens with zero attached hydrogens (tertiary/aromatic N) is 2. The van der Waals surface area contributed by atoms with Gasteiger partial charge in [0.05, 0.1) is 32.8 Å². The summed E-state index contributed by atoms with van der Waals surface area (Å²) in [6.07, 6.45) is 0. The van der Waals surface area contributed by atoms with Crippen molar-refractivity contribution in [3.63, 3.8) is 0 Å². The number of benzene rings is 1. The Morgan fingerprint density at radius 3 is 3.00 bits per heavy atom. The molecule has 19 heavy (non-hydrogen) atoms. The Labute approximate surface area is 126 Å². The lowest BCUT2D eigenvalue weighted by atomic mass is 10.3. The van der Waals surface area contributed by atoms with Crippen LogP contribution in [0.3, 0.4) is 0 Å². The van der Waals surface area contributed by atoms with E-state index in [9.17, 15) is 4.39 Å². The molecule has 0 unspecified atom stereocenters. The molecule has 0 amide bonds. The van der Waals surface area contributed by atoms with Crippen molar-refractivity contribution in [1.82, 2.24) is 14.5 Å². The summed E-state index contributed by atoms with van der Waals surface area (Å²) in [5.74, 6) is -0.301. The van der Waals surface area contributed by atoms with Gasteiger partial charge < -0.3 is 9.55 Å². The molecule has 0 bridgehead atoms. The third-order valence-electron chi connectivity index (χ3n) is 2.80. The lowest BCUT2D eigenvalue weighted by Crippen LogP contribution is -2.00. The first-order valence-electron chi connectivity index (χ1n) is 5.53. The molecule has 3 nitrogen and oxygen atoms in total. The number of imidazole rings is 1. The minimum Gasteiger partial charge on any atom is -0.331 e. The fourth-order valence-corrected chi connectivity index (χ4v) is 3.17. The maximum absolute atomic E-state index is 13.7. The zero-order valence-corrected chi connectivity index (χ0v) is 13.1. The van der Waals surface area contributed by atoms with Crippen molar-refractivity contribution < 1.29 is 4.39 Å². The van der Waals surface area contributed by atoms with E-state index in [0.29, 0.717) is 15.8 Å². The third kappa shape index (κ3) is 2.37. The predicted octanol–water partition coefficient (Wildman–Crippen LogP) is 4.41. The predicted molar refractivity (Wildman–Crippen MR) is 80.7 cm³/mol. The zero-order valence-electron chi connectivity index (χ0n) is 9.91. The van der Waals surface area contributed by atoms with Gasteiger partial charge in [-0.1, -0.05) is 0 Å². The van der Waals surface area contributed by atoms with E-state index in [4.69, 9.17) is 12.2 Å². The highest BCUT2D eigenvalue weighted by molar-refractivity contribution is 9.10. The van der Waals surface area contributed by atoms with Crippen LogP contribution in [-0.4, -0.2) is 14.5 Å². The molecule has 0 saturated carbocycles. The first-order valence-corrected chi connectivity index (χ1v) is 7.61. The van der Waals surface area contributed by atoms with E-state index in [0.717, 1.165) is 21.7 Å². The van der Waals surface area contributed by atoms with Gasteiger partial charge in [-0.3, -0.25) is 0 Å². The second-order valence-corrected chi connectivity index (χ2v) is 6.46. The van der Waals surface area contributed by atoms with Crippen molar-refractivity contribution in [2.24, 2.45) is 0 Å². The topological polar surface area (TPSA) is 33.6 Å². The molecule has 0 radical (unpaired) electrons. The molecule has 0 aliphatic heterocycles. The quantitative estimate of drug-likeness (QED) is 0.689. The van der Waals surface area contributed by atoms with Crippen LogP contribution in [0.1, 0.15) is 10.7 Å². The van der Waals surface area contributed by atoms with Gasteiger partial charge in [-0.05, 0) is 41.1 Å². The largest absolute Gasteiger partial charge is 0.331 e. The first-order chi connectivity index (χ1) is 9.04. The van der Waals surface area contributed by atoms with Crippen LogP contribution >= 0.6 is 39.5 Å². The average molecular weight is 358 g/mol. The number of H-pyrrole nitrogens is 1. The van der Waals surface area contributed by atoms with E-state index < -0.39 is 0 Å². The fourth-order valence-electron chi connectivity index (χ4n) is 1.95. The Kier molecular flexibility index (Phi) is 3.28. The minimum absolute atomic E-state index is 0.301. The molecule has 2 aromatic heterocycles. The summed E-state index contributed by atoms with van der Waals surface area (Å²) in [5.41, 5.74) is 2.49. The van der Waals surface area contributed by atoms with Gasteiger partial charge in [0.25, 0.3) is 0 Å². The summed E-state index contributed by atoms with van der Waals surface area (Å²) in [6.45, 7) is 2.50. The molecule has 7 heteroatoms. The molecule has 2 heterocycles. The van der Waals surface area contributed by atoms with Gasteiger partial charge in [0.1, 0.15) is 5.82 Å². The summed E-state index contributed by atoms with van der Waals surface area (Å²) in [7, 11) is 0. The molecule has 0 saturated heterocycles. The number of fused-ring (bicyclic) bond motifs is 1. The number of nitrogens with one attached hydrogen (secondary N) is 1. The summed E-state index contributed by atoms with van der Waals surface area (Å²) < 4.78 is 16.5. The van der Waals surface area contributed by atoms with E-state index in [2.05, 4.69) is 25.9 Å². The van der Waals surface area contributed by atoms with Crippen LogP contribution in [-0.2, 0) is 6.54 Å². The van der Waals surface area contributed by atoms with Crippen LogP contribution in [0.15, 0.2) is 22.0 Å². The van der Waals surface area contributed by atoms with Crippen molar-refractivity contribution in [3.05, 3.63) is 43.3 Å². The summed E-state index contributed by atoms with van der Waals surface area (Å²) in [5, 5.41) is 3.00. The standard InChI is InChI=1S/C12H9BrFN3S2/c1-6-15-7(5-19-6)4-17-11-3-9(14)8(13)2-10(11)16-12(17)18/h2-3,5H,4H2,1H3,(H,16,18). The number of thiazole rings is 1. The highest BCUT2D eigenvalue weighted by Crippen LogP contribution is 2.24. The van der Waals surface area contributed by atoms with Gasteiger partial charge in [0.2, 0.25) is 0 Å². The van der Waals surface area contributed by atoms with Crippen molar-refractivity contribution in [2.75, 3.05) is 0 Å². The van der Waals surface area contributed by atoms with Crippen molar-refractivity contribution in [2.45, 2.75) is 13.5 Å². The Hall–Kier alpha value is -1.05. The van der Waals surface area contributed by atoms with Gasteiger partial charge >= 0.3 is 0 Å². The van der Waals surface area contributed by atoms with Crippen molar-refractivity contribution in [1.29, 1.82) is 0 Å². The highest BCUT2D eigenvalue weighted by Gasteiger charge is 2.10. The Balaban J connectivity index is 2.15. The zero-order chi connectivity index (χ0) is 13.6. The molecule has 3 aromatic rings.